The molecular formula is C22H29F3N7O5P. The molecule has 2 aromatic heterocycles. The molecule has 0 aliphatic rings. The molecule has 208 valence electrons. The van der Waals surface area contributed by atoms with Crippen molar-refractivity contribution in [3.8, 4) is 5.75 Å². The summed E-state index contributed by atoms with van der Waals surface area (Å²) in [5, 5.41) is 15.1. The molecule has 3 atom stereocenters. The number of benzene rings is 1. The third kappa shape index (κ3) is 7.63. The van der Waals surface area contributed by atoms with Crippen molar-refractivity contribution in [1.82, 2.24) is 29.7 Å². The largest absolute Gasteiger partial charge is 0.573 e. The van der Waals surface area contributed by atoms with Gasteiger partial charge in [0.1, 0.15) is 29.5 Å². The van der Waals surface area contributed by atoms with Gasteiger partial charge in [-0.2, -0.15) is 0 Å². The van der Waals surface area contributed by atoms with Gasteiger partial charge in [0, 0.05) is 6.04 Å². The van der Waals surface area contributed by atoms with Crippen molar-refractivity contribution in [2.24, 2.45) is 0 Å². The van der Waals surface area contributed by atoms with E-state index in [1.54, 1.807) is 18.4 Å². The van der Waals surface area contributed by atoms with Crippen LogP contribution in [0.3, 0.4) is 0 Å². The second-order valence-corrected chi connectivity index (χ2v) is 11.4. The molecule has 0 bridgehead atoms. The number of nitrogens with two attached hydrogens (primary N) is 1. The number of halogens is 3. The maximum absolute atomic E-state index is 13.9. The molecule has 38 heavy (non-hydrogen) atoms. The summed E-state index contributed by atoms with van der Waals surface area (Å²) in [6.07, 6.45) is -2.91. The van der Waals surface area contributed by atoms with Gasteiger partial charge < -0.3 is 24.9 Å². The molecule has 5 N–H and O–H groups in total. The number of alkyl halides is 3. The van der Waals surface area contributed by atoms with Crippen LogP contribution in [0.15, 0.2) is 36.9 Å². The summed E-state index contributed by atoms with van der Waals surface area (Å²) in [5.74, 6) is -1.42. The first-order chi connectivity index (χ1) is 17.6. The zero-order chi connectivity index (χ0) is 28.3. The number of hydrogen-bond acceptors (Lipinski definition) is 8. The quantitative estimate of drug-likeness (QED) is 0.239. The molecule has 0 unspecified atom stereocenters. The minimum Gasteiger partial charge on any atom is -0.480 e. The van der Waals surface area contributed by atoms with Gasteiger partial charge in [0.15, 0.2) is 11.5 Å². The number of carboxylic acids is 1. The lowest BCUT2D eigenvalue weighted by Crippen LogP contribution is -2.47. The first kappa shape index (κ1) is 29.3. The van der Waals surface area contributed by atoms with E-state index in [1.807, 2.05) is 0 Å². The summed E-state index contributed by atoms with van der Waals surface area (Å²) >= 11 is 0. The van der Waals surface area contributed by atoms with Gasteiger partial charge in [0.25, 0.3) is 0 Å². The van der Waals surface area contributed by atoms with Crippen molar-refractivity contribution in [2.45, 2.75) is 58.3 Å². The van der Waals surface area contributed by atoms with Gasteiger partial charge in [-0.15, -0.1) is 13.2 Å². The number of nitrogen functional groups attached to an aromatic ring is 1. The van der Waals surface area contributed by atoms with Crippen LogP contribution in [0, 0.1) is 0 Å². The maximum atomic E-state index is 13.9. The lowest BCUT2D eigenvalue weighted by atomic mass is 10.1. The number of aromatic nitrogens is 4. The highest BCUT2D eigenvalue weighted by Gasteiger charge is 2.37. The third-order valence-electron chi connectivity index (χ3n) is 5.43. The Bertz CT molecular complexity index is 1320. The molecule has 0 aliphatic carbocycles. The average molecular weight is 559 g/mol. The Morgan fingerprint density at radius 1 is 1.18 bits per heavy atom. The van der Waals surface area contributed by atoms with Gasteiger partial charge in [-0.1, -0.05) is 12.1 Å². The molecule has 1 aromatic carbocycles. The summed E-state index contributed by atoms with van der Waals surface area (Å²) in [7, 11) is -3.75. The van der Waals surface area contributed by atoms with Gasteiger partial charge in [0.05, 0.1) is 19.0 Å². The summed E-state index contributed by atoms with van der Waals surface area (Å²) in [5.41, 5.74) is 5.63. The standard InChI is InChI=1S/C22H29F3N7O5P/c1-13(9-32-11-29-17-18(26)27-10-28-19(17)32)36-12-38(35,31-21(3,4)20(33)34)30-14(2)15-5-7-16(8-6-15)37-22(23,24)25/h5-8,10-11,13-14H,9,12H2,1-4H3,(H,33,34)(H2,26,27,28)(H2,30,31,35)/t13-,14+,38-/m1/s1. The Kier molecular flexibility index (Phi) is 8.66. The first-order valence-corrected chi connectivity index (χ1v) is 13.3. The molecule has 3 rings (SSSR count). The molecular weight excluding hydrogens is 530 g/mol. The van der Waals surface area contributed by atoms with Gasteiger partial charge >= 0.3 is 12.3 Å². The van der Waals surface area contributed by atoms with Crippen molar-refractivity contribution >= 4 is 30.4 Å². The van der Waals surface area contributed by atoms with E-state index in [4.69, 9.17) is 10.5 Å². The second kappa shape index (κ2) is 11.2. The highest BCUT2D eigenvalue weighted by atomic mass is 31.2. The number of fused-ring (bicyclic) bond motifs is 1. The van der Waals surface area contributed by atoms with E-state index >= 15 is 0 Å². The van der Waals surface area contributed by atoms with Crippen LogP contribution in [0.1, 0.15) is 39.3 Å². The smallest absolute Gasteiger partial charge is 0.480 e. The van der Waals surface area contributed by atoms with Gasteiger partial charge in [0.2, 0.25) is 7.44 Å². The van der Waals surface area contributed by atoms with E-state index in [2.05, 4.69) is 29.9 Å². The number of nitrogens with one attached hydrogen (secondary N) is 2. The number of nitrogens with zero attached hydrogens (tertiary/aromatic N) is 4. The van der Waals surface area contributed by atoms with E-state index < -0.39 is 49.6 Å². The van der Waals surface area contributed by atoms with Crippen LogP contribution in [0.25, 0.3) is 11.2 Å². The molecule has 0 saturated heterocycles. The van der Waals surface area contributed by atoms with Crippen molar-refractivity contribution in [2.75, 3.05) is 12.1 Å². The molecule has 0 fully saturated rings. The molecule has 0 aliphatic heterocycles. The number of rotatable bonds is 12. The van der Waals surface area contributed by atoms with Crippen LogP contribution in [-0.2, 0) is 20.6 Å². The van der Waals surface area contributed by atoms with Crippen molar-refractivity contribution in [3.63, 3.8) is 0 Å². The number of hydrogen-bond donors (Lipinski definition) is 4. The molecule has 2 heterocycles. The van der Waals surface area contributed by atoms with Crippen LogP contribution in [-0.4, -0.2) is 54.9 Å². The van der Waals surface area contributed by atoms with Gasteiger partial charge in [-0.3, -0.25) is 9.36 Å². The van der Waals surface area contributed by atoms with Crippen LogP contribution in [0.2, 0.25) is 0 Å². The number of carboxylic acid groups (broad SMARTS) is 1. The number of aliphatic carboxylic acids is 1. The molecule has 0 spiro atoms. The molecule has 16 heteroatoms. The zero-order valence-corrected chi connectivity index (χ0v) is 22.0. The van der Waals surface area contributed by atoms with Crippen LogP contribution in [0.4, 0.5) is 19.0 Å². The Morgan fingerprint density at radius 3 is 2.45 bits per heavy atom. The molecule has 0 radical (unpaired) electrons. The Labute approximate surface area is 216 Å². The SMILES string of the molecule is C[C@H](Cn1cnc2c(N)ncnc21)OC[P@@](=O)(N[C@@H](C)c1ccc(OC(F)(F)F)cc1)NC(C)(C)C(=O)O. The molecule has 0 amide bonds. The predicted molar refractivity (Wildman–Crippen MR) is 132 cm³/mol. The Morgan fingerprint density at radius 2 is 1.84 bits per heavy atom. The first-order valence-electron chi connectivity index (χ1n) is 11.4. The lowest BCUT2D eigenvalue weighted by Gasteiger charge is -2.32. The summed E-state index contributed by atoms with van der Waals surface area (Å²) in [4.78, 5) is 24.0. The minimum atomic E-state index is -4.83. The predicted octanol–water partition coefficient (Wildman–Crippen LogP) is 3.67. The lowest BCUT2D eigenvalue weighted by molar-refractivity contribution is -0.274. The van der Waals surface area contributed by atoms with Gasteiger partial charge in [-0.05, 0) is 45.4 Å². The monoisotopic (exact) mass is 559 g/mol. The van der Waals surface area contributed by atoms with E-state index in [0.29, 0.717) is 16.7 Å². The number of imidazole rings is 1. The molecule has 12 nitrogen and oxygen atoms in total. The van der Waals surface area contributed by atoms with Crippen molar-refractivity contribution < 1.29 is 37.1 Å². The fourth-order valence-electron chi connectivity index (χ4n) is 3.54. The third-order valence-corrected chi connectivity index (χ3v) is 7.67. The molecule has 3 aromatic rings. The Balaban J connectivity index is 1.73. The summed E-state index contributed by atoms with van der Waals surface area (Å²) in [6.45, 7) is 6.33. The second-order valence-electron chi connectivity index (χ2n) is 9.18. The van der Waals surface area contributed by atoms with E-state index in [0.717, 1.165) is 12.1 Å². The minimum absolute atomic E-state index is 0.225. The van der Waals surface area contributed by atoms with Crippen LogP contribution in [0.5, 0.6) is 5.75 Å². The fourth-order valence-corrected chi connectivity index (χ4v) is 5.98. The topological polar surface area (TPSA) is 167 Å². The van der Waals surface area contributed by atoms with E-state index in [-0.39, 0.29) is 12.4 Å². The van der Waals surface area contributed by atoms with Crippen molar-refractivity contribution in [3.05, 3.63) is 42.5 Å². The number of ether oxygens (including phenoxy) is 2. The highest BCUT2D eigenvalue weighted by molar-refractivity contribution is 7.59. The van der Waals surface area contributed by atoms with Crippen LogP contribution >= 0.6 is 7.44 Å². The summed E-state index contributed by atoms with van der Waals surface area (Å²) in [6, 6.07) is 4.36. The summed E-state index contributed by atoms with van der Waals surface area (Å²) < 4.78 is 62.7. The van der Waals surface area contributed by atoms with Gasteiger partial charge in [-0.25, -0.2) is 25.1 Å². The molecule has 0 saturated carbocycles. The van der Waals surface area contributed by atoms with Crippen molar-refractivity contribution in [1.29, 1.82) is 0 Å². The van der Waals surface area contributed by atoms with Crippen LogP contribution < -0.4 is 20.6 Å². The maximum Gasteiger partial charge on any atom is 0.573 e. The highest BCUT2D eigenvalue weighted by Crippen LogP contribution is 2.42. The Hall–Kier alpha value is -3.26. The fraction of sp³-hybridized carbons (Fsp3) is 0.455. The van der Waals surface area contributed by atoms with E-state index in [1.165, 1.54) is 38.6 Å². The normalized spacial score (nSPS) is 15.7. The van der Waals surface area contributed by atoms with E-state index in [9.17, 15) is 27.6 Å². The number of anilines is 1. The number of carbonyl (C=O) groups is 1. The zero-order valence-electron chi connectivity index (χ0n) is 21.1. The average Bonchev–Trinajstić information content (AvgIpc) is 3.20.